The van der Waals surface area contributed by atoms with E-state index < -0.39 is 17.7 Å². The number of carbonyl (C=O) groups excluding carboxylic acids is 1. The van der Waals surface area contributed by atoms with Crippen LogP contribution in [-0.4, -0.2) is 11.9 Å². The highest BCUT2D eigenvalue weighted by Gasteiger charge is 2.17. The Morgan fingerprint density at radius 2 is 2.06 bits per heavy atom. The fourth-order valence-electron chi connectivity index (χ4n) is 1.28. The zero-order valence-corrected chi connectivity index (χ0v) is 9.84. The number of nitrogens with two attached hydrogens (primary N) is 1. The largest absolute Gasteiger partial charge is 0.351 e. The maximum Gasteiger partial charge on any atom is 0.237 e. The van der Waals surface area contributed by atoms with E-state index in [9.17, 15) is 13.6 Å². The predicted molar refractivity (Wildman–Crippen MR) is 61.0 cm³/mol. The molecule has 1 amide bonds. The van der Waals surface area contributed by atoms with Gasteiger partial charge in [-0.2, -0.15) is 0 Å². The number of benzene rings is 1. The molecule has 94 valence electrons. The molecule has 0 unspecified atom stereocenters. The molecule has 0 bridgehead atoms. The molecule has 0 saturated carbocycles. The summed E-state index contributed by atoms with van der Waals surface area (Å²) in [6.45, 7) is 3.56. The number of nitrogens with one attached hydrogen (secondary N) is 1. The molecule has 1 aromatic rings. The van der Waals surface area contributed by atoms with Gasteiger partial charge in [-0.25, -0.2) is 8.78 Å². The van der Waals surface area contributed by atoms with E-state index in [0.717, 1.165) is 18.2 Å². The molecule has 1 rings (SSSR count). The summed E-state index contributed by atoms with van der Waals surface area (Å²) in [7, 11) is 0. The molecular weight excluding hydrogens is 226 g/mol. The van der Waals surface area contributed by atoms with Crippen molar-refractivity contribution in [2.24, 2.45) is 11.7 Å². The SMILES string of the molecule is CC(C)[C@H](N)C(=O)NCc1cc(F)ccc1F. The van der Waals surface area contributed by atoms with Crippen molar-refractivity contribution in [3.8, 4) is 0 Å². The lowest BCUT2D eigenvalue weighted by Gasteiger charge is -2.15. The third-order valence-corrected chi connectivity index (χ3v) is 2.48. The Balaban J connectivity index is 2.61. The maximum atomic E-state index is 13.2. The van der Waals surface area contributed by atoms with Gasteiger partial charge in [-0.15, -0.1) is 0 Å². The second kappa shape index (κ2) is 5.72. The fraction of sp³-hybridized carbons (Fsp3) is 0.417. The van der Waals surface area contributed by atoms with Gasteiger partial charge < -0.3 is 11.1 Å². The summed E-state index contributed by atoms with van der Waals surface area (Å²) in [6.07, 6.45) is 0. The molecule has 0 spiro atoms. The van der Waals surface area contributed by atoms with Gasteiger partial charge in [0.2, 0.25) is 5.91 Å². The minimum Gasteiger partial charge on any atom is -0.351 e. The fourth-order valence-corrected chi connectivity index (χ4v) is 1.28. The quantitative estimate of drug-likeness (QED) is 0.842. The number of amides is 1. The van der Waals surface area contributed by atoms with Crippen LogP contribution in [-0.2, 0) is 11.3 Å². The average molecular weight is 242 g/mol. The molecule has 0 aliphatic rings. The van der Waals surface area contributed by atoms with Crippen LogP contribution in [0.5, 0.6) is 0 Å². The van der Waals surface area contributed by atoms with Crippen LogP contribution in [0.15, 0.2) is 18.2 Å². The molecule has 1 atom stereocenters. The van der Waals surface area contributed by atoms with E-state index in [-0.39, 0.29) is 23.9 Å². The first kappa shape index (κ1) is 13.6. The average Bonchev–Trinajstić information content (AvgIpc) is 2.28. The van der Waals surface area contributed by atoms with E-state index >= 15 is 0 Å². The minimum atomic E-state index is -0.647. The topological polar surface area (TPSA) is 55.1 Å². The summed E-state index contributed by atoms with van der Waals surface area (Å²) < 4.78 is 26.1. The molecule has 0 fully saturated rings. The lowest BCUT2D eigenvalue weighted by Crippen LogP contribution is -2.43. The van der Waals surface area contributed by atoms with Gasteiger partial charge >= 0.3 is 0 Å². The van der Waals surface area contributed by atoms with Crippen LogP contribution in [0.3, 0.4) is 0 Å². The molecule has 17 heavy (non-hydrogen) atoms. The van der Waals surface area contributed by atoms with Crippen molar-refractivity contribution in [1.82, 2.24) is 5.32 Å². The van der Waals surface area contributed by atoms with Crippen molar-refractivity contribution in [2.45, 2.75) is 26.4 Å². The normalized spacial score (nSPS) is 12.6. The van der Waals surface area contributed by atoms with Crippen molar-refractivity contribution in [3.63, 3.8) is 0 Å². The van der Waals surface area contributed by atoms with Gasteiger partial charge in [0.25, 0.3) is 0 Å². The molecule has 5 heteroatoms. The second-order valence-electron chi connectivity index (χ2n) is 4.22. The Kier molecular flexibility index (Phi) is 4.57. The monoisotopic (exact) mass is 242 g/mol. The van der Waals surface area contributed by atoms with Crippen molar-refractivity contribution in [1.29, 1.82) is 0 Å². The Morgan fingerprint density at radius 1 is 1.41 bits per heavy atom. The summed E-state index contributed by atoms with van der Waals surface area (Å²) in [4.78, 5) is 11.5. The highest BCUT2D eigenvalue weighted by atomic mass is 19.1. The van der Waals surface area contributed by atoms with Crippen LogP contribution in [0.25, 0.3) is 0 Å². The van der Waals surface area contributed by atoms with Gasteiger partial charge in [0, 0.05) is 12.1 Å². The standard InChI is InChI=1S/C12H16F2N2O/c1-7(2)11(15)12(17)16-6-8-5-9(13)3-4-10(8)14/h3-5,7,11H,6,15H2,1-2H3,(H,16,17)/t11-/m0/s1. The number of halogens is 2. The Labute approximate surface area is 99.0 Å². The van der Waals surface area contributed by atoms with E-state index in [2.05, 4.69) is 5.32 Å². The van der Waals surface area contributed by atoms with Gasteiger partial charge in [-0.1, -0.05) is 13.8 Å². The molecule has 0 radical (unpaired) electrons. The van der Waals surface area contributed by atoms with E-state index in [1.807, 2.05) is 13.8 Å². The summed E-state index contributed by atoms with van der Waals surface area (Å²) in [5.41, 5.74) is 5.72. The van der Waals surface area contributed by atoms with E-state index in [4.69, 9.17) is 5.73 Å². The summed E-state index contributed by atoms with van der Waals surface area (Å²) in [5.74, 6) is -1.47. The van der Waals surface area contributed by atoms with Crippen molar-refractivity contribution in [2.75, 3.05) is 0 Å². The molecule has 0 aliphatic carbocycles. The van der Waals surface area contributed by atoms with Crippen molar-refractivity contribution < 1.29 is 13.6 Å². The molecule has 3 N–H and O–H groups in total. The van der Waals surface area contributed by atoms with Crippen LogP contribution >= 0.6 is 0 Å². The molecule has 1 aromatic carbocycles. The summed E-state index contributed by atoms with van der Waals surface area (Å²) >= 11 is 0. The third-order valence-electron chi connectivity index (χ3n) is 2.48. The molecule has 0 saturated heterocycles. The van der Waals surface area contributed by atoms with E-state index in [1.54, 1.807) is 0 Å². The minimum absolute atomic E-state index is 0.00708. The molecule has 3 nitrogen and oxygen atoms in total. The van der Waals surface area contributed by atoms with E-state index in [0.29, 0.717) is 0 Å². The zero-order chi connectivity index (χ0) is 13.0. The van der Waals surface area contributed by atoms with Gasteiger partial charge in [-0.3, -0.25) is 4.79 Å². The summed E-state index contributed by atoms with van der Waals surface area (Å²) in [5, 5.41) is 2.48. The van der Waals surface area contributed by atoms with Crippen LogP contribution in [0.2, 0.25) is 0 Å². The first-order chi connectivity index (χ1) is 7.91. The van der Waals surface area contributed by atoms with Gasteiger partial charge in [0.1, 0.15) is 11.6 Å². The van der Waals surface area contributed by atoms with Crippen molar-refractivity contribution >= 4 is 5.91 Å². The van der Waals surface area contributed by atoms with Crippen LogP contribution in [0.4, 0.5) is 8.78 Å². The summed E-state index contributed by atoms with van der Waals surface area (Å²) in [6, 6.07) is 2.46. The first-order valence-electron chi connectivity index (χ1n) is 5.39. The Morgan fingerprint density at radius 3 is 2.65 bits per heavy atom. The van der Waals surface area contributed by atoms with Gasteiger partial charge in [-0.05, 0) is 24.1 Å². The van der Waals surface area contributed by atoms with Crippen LogP contribution < -0.4 is 11.1 Å². The molecule has 0 aromatic heterocycles. The lowest BCUT2D eigenvalue weighted by atomic mass is 10.0. The molecule has 0 heterocycles. The van der Waals surface area contributed by atoms with Crippen LogP contribution in [0, 0.1) is 17.6 Å². The first-order valence-corrected chi connectivity index (χ1v) is 5.39. The lowest BCUT2D eigenvalue weighted by molar-refractivity contribution is -0.123. The highest BCUT2D eigenvalue weighted by molar-refractivity contribution is 5.81. The van der Waals surface area contributed by atoms with Gasteiger partial charge in [0.05, 0.1) is 6.04 Å². The predicted octanol–water partition coefficient (Wildman–Crippen LogP) is 1.56. The number of rotatable bonds is 4. The highest BCUT2D eigenvalue weighted by Crippen LogP contribution is 2.09. The second-order valence-corrected chi connectivity index (χ2v) is 4.22. The molecule has 0 aliphatic heterocycles. The third kappa shape index (κ3) is 3.78. The number of hydrogen-bond donors (Lipinski definition) is 2. The number of carbonyl (C=O) groups is 1. The Bertz CT molecular complexity index is 407. The number of hydrogen-bond acceptors (Lipinski definition) is 2. The van der Waals surface area contributed by atoms with Gasteiger partial charge in [0.15, 0.2) is 0 Å². The zero-order valence-electron chi connectivity index (χ0n) is 9.84. The molecular formula is C12H16F2N2O. The van der Waals surface area contributed by atoms with Crippen molar-refractivity contribution in [3.05, 3.63) is 35.4 Å². The smallest absolute Gasteiger partial charge is 0.237 e. The van der Waals surface area contributed by atoms with E-state index in [1.165, 1.54) is 0 Å². The maximum absolute atomic E-state index is 13.2. The van der Waals surface area contributed by atoms with Crippen LogP contribution in [0.1, 0.15) is 19.4 Å². The Hall–Kier alpha value is -1.49.